The molecule has 0 spiro atoms. The zero-order valence-electron chi connectivity index (χ0n) is 15.3. The van der Waals surface area contributed by atoms with Crippen LogP contribution in [0.25, 0.3) is 0 Å². The number of pyridine rings is 1. The SMILES string of the molecule is CC1(C)CCC[C@](C)(C#CCN2CCCC[C@H]2c2cccnc2)O1. The van der Waals surface area contributed by atoms with Gasteiger partial charge in [-0.2, -0.15) is 0 Å². The Balaban J connectivity index is 1.67. The van der Waals surface area contributed by atoms with E-state index < -0.39 is 0 Å². The molecule has 3 rings (SSSR count). The lowest BCUT2D eigenvalue weighted by Gasteiger charge is -2.40. The topological polar surface area (TPSA) is 25.4 Å². The van der Waals surface area contributed by atoms with Gasteiger partial charge in [0.1, 0.15) is 5.60 Å². The summed E-state index contributed by atoms with van der Waals surface area (Å²) in [7, 11) is 0. The first-order chi connectivity index (χ1) is 11.5. The fourth-order valence-electron chi connectivity index (χ4n) is 4.11. The van der Waals surface area contributed by atoms with Gasteiger partial charge in [-0.1, -0.05) is 24.3 Å². The first kappa shape index (κ1) is 17.5. The van der Waals surface area contributed by atoms with E-state index in [0.717, 1.165) is 25.9 Å². The third-order valence-electron chi connectivity index (χ3n) is 5.25. The molecule has 3 heterocycles. The van der Waals surface area contributed by atoms with Crippen molar-refractivity contribution in [3.05, 3.63) is 30.1 Å². The molecule has 0 N–H and O–H groups in total. The summed E-state index contributed by atoms with van der Waals surface area (Å²) in [6.07, 6.45) is 11.0. The summed E-state index contributed by atoms with van der Waals surface area (Å²) in [5.41, 5.74) is 0.979. The summed E-state index contributed by atoms with van der Waals surface area (Å²) in [6.45, 7) is 8.44. The monoisotopic (exact) mass is 326 g/mol. The van der Waals surface area contributed by atoms with Crippen LogP contribution in [0.15, 0.2) is 24.5 Å². The minimum Gasteiger partial charge on any atom is -0.357 e. The van der Waals surface area contributed by atoms with Crippen molar-refractivity contribution >= 4 is 0 Å². The molecule has 2 saturated heterocycles. The Bertz CT molecular complexity index is 601. The maximum Gasteiger partial charge on any atom is 0.126 e. The van der Waals surface area contributed by atoms with Crippen LogP contribution >= 0.6 is 0 Å². The summed E-state index contributed by atoms with van der Waals surface area (Å²) in [6, 6.07) is 4.68. The Hall–Kier alpha value is -1.37. The Morgan fingerprint density at radius 3 is 2.88 bits per heavy atom. The van der Waals surface area contributed by atoms with Crippen LogP contribution in [0.3, 0.4) is 0 Å². The zero-order valence-corrected chi connectivity index (χ0v) is 15.3. The van der Waals surface area contributed by atoms with Crippen molar-refractivity contribution in [1.82, 2.24) is 9.88 Å². The molecule has 1 aromatic rings. The predicted molar refractivity (Wildman–Crippen MR) is 97.6 cm³/mol. The average molecular weight is 326 g/mol. The van der Waals surface area contributed by atoms with Crippen LogP contribution in [0.1, 0.15) is 70.9 Å². The van der Waals surface area contributed by atoms with Gasteiger partial charge in [-0.25, -0.2) is 0 Å². The van der Waals surface area contributed by atoms with Gasteiger partial charge in [-0.05, 0) is 71.0 Å². The summed E-state index contributed by atoms with van der Waals surface area (Å²) < 4.78 is 6.26. The van der Waals surface area contributed by atoms with Crippen LogP contribution in [0.5, 0.6) is 0 Å². The van der Waals surface area contributed by atoms with Crippen LogP contribution in [0.2, 0.25) is 0 Å². The highest BCUT2D eigenvalue weighted by atomic mass is 16.5. The summed E-state index contributed by atoms with van der Waals surface area (Å²) in [4.78, 5) is 6.80. The van der Waals surface area contributed by atoms with Crippen LogP contribution in [0, 0.1) is 11.8 Å². The molecule has 2 aliphatic rings. The lowest BCUT2D eigenvalue weighted by molar-refractivity contribution is -0.135. The van der Waals surface area contributed by atoms with E-state index in [2.05, 4.69) is 48.6 Å². The van der Waals surface area contributed by atoms with Crippen LogP contribution < -0.4 is 0 Å². The lowest BCUT2D eigenvalue weighted by Crippen LogP contribution is -2.42. The number of aromatic nitrogens is 1. The molecular formula is C21H30N2O. The number of hydrogen-bond acceptors (Lipinski definition) is 3. The van der Waals surface area contributed by atoms with E-state index in [0.29, 0.717) is 6.04 Å². The molecule has 0 aromatic carbocycles. The Morgan fingerprint density at radius 1 is 1.25 bits per heavy atom. The fourth-order valence-corrected chi connectivity index (χ4v) is 4.11. The molecule has 2 atom stereocenters. The van der Waals surface area contributed by atoms with Crippen molar-refractivity contribution in [2.75, 3.05) is 13.1 Å². The van der Waals surface area contributed by atoms with E-state index in [-0.39, 0.29) is 11.2 Å². The van der Waals surface area contributed by atoms with Gasteiger partial charge in [-0.3, -0.25) is 9.88 Å². The number of likely N-dealkylation sites (tertiary alicyclic amines) is 1. The minimum atomic E-state index is -0.290. The van der Waals surface area contributed by atoms with Gasteiger partial charge in [0, 0.05) is 18.4 Å². The third-order valence-corrected chi connectivity index (χ3v) is 5.25. The smallest absolute Gasteiger partial charge is 0.126 e. The molecule has 0 bridgehead atoms. The second kappa shape index (κ2) is 7.25. The fraction of sp³-hybridized carbons (Fsp3) is 0.667. The average Bonchev–Trinajstić information content (AvgIpc) is 2.55. The first-order valence-corrected chi connectivity index (χ1v) is 9.32. The Labute approximate surface area is 146 Å². The minimum absolute atomic E-state index is 0.0505. The van der Waals surface area contributed by atoms with Crippen molar-refractivity contribution in [3.8, 4) is 11.8 Å². The second-order valence-corrected chi connectivity index (χ2v) is 8.02. The van der Waals surface area contributed by atoms with Crippen LogP contribution in [-0.2, 0) is 4.74 Å². The normalized spacial score (nSPS) is 30.4. The maximum atomic E-state index is 6.26. The highest BCUT2D eigenvalue weighted by Gasteiger charge is 2.36. The lowest BCUT2D eigenvalue weighted by atomic mass is 9.88. The van der Waals surface area contributed by atoms with E-state index >= 15 is 0 Å². The van der Waals surface area contributed by atoms with Gasteiger partial charge >= 0.3 is 0 Å². The molecule has 3 nitrogen and oxygen atoms in total. The molecule has 130 valence electrons. The van der Waals surface area contributed by atoms with Gasteiger partial charge < -0.3 is 4.74 Å². The van der Waals surface area contributed by atoms with E-state index in [1.54, 1.807) is 0 Å². The van der Waals surface area contributed by atoms with Crippen LogP contribution in [0.4, 0.5) is 0 Å². The van der Waals surface area contributed by atoms with E-state index in [4.69, 9.17) is 4.74 Å². The van der Waals surface area contributed by atoms with Crippen molar-refractivity contribution in [2.45, 2.75) is 76.5 Å². The summed E-state index contributed by atoms with van der Waals surface area (Å²) in [5.74, 6) is 6.88. The van der Waals surface area contributed by atoms with Crippen molar-refractivity contribution < 1.29 is 4.74 Å². The zero-order chi connectivity index (χ0) is 17.0. The molecule has 24 heavy (non-hydrogen) atoms. The largest absolute Gasteiger partial charge is 0.357 e. The quantitative estimate of drug-likeness (QED) is 0.756. The molecule has 3 heteroatoms. The molecule has 0 amide bonds. The number of piperidine rings is 1. The predicted octanol–water partition coefficient (Wildman–Crippen LogP) is 4.35. The molecule has 0 radical (unpaired) electrons. The molecule has 0 saturated carbocycles. The Morgan fingerprint density at radius 2 is 2.12 bits per heavy atom. The van der Waals surface area contributed by atoms with Crippen molar-refractivity contribution in [3.63, 3.8) is 0 Å². The summed E-state index contributed by atoms with van der Waals surface area (Å²) in [5, 5.41) is 0. The number of nitrogens with zero attached hydrogens (tertiary/aromatic N) is 2. The molecule has 0 unspecified atom stereocenters. The van der Waals surface area contributed by atoms with Crippen molar-refractivity contribution in [1.29, 1.82) is 0 Å². The third kappa shape index (κ3) is 4.37. The molecule has 1 aromatic heterocycles. The molecule has 2 fully saturated rings. The van der Waals surface area contributed by atoms with Crippen molar-refractivity contribution in [2.24, 2.45) is 0 Å². The van der Waals surface area contributed by atoms with Gasteiger partial charge in [0.15, 0.2) is 0 Å². The standard InChI is InChI=1S/C21H30N2O/c1-20(2)11-7-12-21(3,24-20)13-8-16-23-15-5-4-10-19(23)18-9-6-14-22-17-18/h6,9,14,17,19H,4-5,7,10-12,15-16H2,1-3H3/t19-,21+/m0/s1. The second-order valence-electron chi connectivity index (χ2n) is 8.02. The highest BCUT2D eigenvalue weighted by Crippen LogP contribution is 2.34. The summed E-state index contributed by atoms with van der Waals surface area (Å²) >= 11 is 0. The first-order valence-electron chi connectivity index (χ1n) is 9.32. The number of rotatable bonds is 2. The molecular weight excluding hydrogens is 296 g/mol. The van der Waals surface area contributed by atoms with E-state index in [1.807, 2.05) is 18.5 Å². The van der Waals surface area contributed by atoms with Gasteiger partial charge in [0.2, 0.25) is 0 Å². The number of hydrogen-bond donors (Lipinski definition) is 0. The molecule has 2 aliphatic heterocycles. The van der Waals surface area contributed by atoms with Gasteiger partial charge in [0.25, 0.3) is 0 Å². The van der Waals surface area contributed by atoms with E-state index in [9.17, 15) is 0 Å². The van der Waals surface area contributed by atoms with Gasteiger partial charge in [0.05, 0.1) is 12.1 Å². The highest BCUT2D eigenvalue weighted by molar-refractivity contribution is 5.18. The van der Waals surface area contributed by atoms with Gasteiger partial charge in [-0.15, -0.1) is 0 Å². The number of ether oxygens (including phenoxy) is 1. The van der Waals surface area contributed by atoms with E-state index in [1.165, 1.54) is 31.2 Å². The maximum absolute atomic E-state index is 6.26. The van der Waals surface area contributed by atoms with Crippen LogP contribution in [-0.4, -0.2) is 34.2 Å². The molecule has 0 aliphatic carbocycles. The Kier molecular flexibility index (Phi) is 5.27.